The molecule has 3 rings (SSSR count). The van der Waals surface area contributed by atoms with E-state index in [1.807, 2.05) is 13.8 Å². The molecule has 2 aromatic carbocycles. The minimum absolute atomic E-state index is 0.133. The summed E-state index contributed by atoms with van der Waals surface area (Å²) in [5.41, 5.74) is 1.64. The number of urea groups is 1. The van der Waals surface area contributed by atoms with Crippen LogP contribution in [0.3, 0.4) is 0 Å². The van der Waals surface area contributed by atoms with Gasteiger partial charge in [-0.2, -0.15) is 0 Å². The minimum atomic E-state index is -0.846. The maximum Gasteiger partial charge on any atom is 0.338 e. The first-order valence-corrected chi connectivity index (χ1v) is 10.2. The highest BCUT2D eigenvalue weighted by Gasteiger charge is 2.35. The van der Waals surface area contributed by atoms with Crippen LogP contribution >= 0.6 is 23.2 Å². The number of carbonyl (C=O) groups excluding carboxylic acids is 2. The third kappa shape index (κ3) is 4.89. The molecule has 0 radical (unpaired) electrons. The monoisotopic (exact) mass is 464 g/mol. The third-order valence-electron chi connectivity index (χ3n) is 4.56. The molecular formula is C22H22Cl2N2O5. The van der Waals surface area contributed by atoms with Crippen LogP contribution in [-0.2, 0) is 9.53 Å². The second-order valence-corrected chi connectivity index (χ2v) is 7.83. The van der Waals surface area contributed by atoms with Crippen LogP contribution in [0.25, 0.3) is 5.70 Å². The predicted molar refractivity (Wildman–Crippen MR) is 119 cm³/mol. The van der Waals surface area contributed by atoms with Gasteiger partial charge < -0.3 is 24.8 Å². The summed E-state index contributed by atoms with van der Waals surface area (Å²) in [6.07, 6.45) is -0.133. The van der Waals surface area contributed by atoms with Gasteiger partial charge in [-0.3, -0.25) is 0 Å². The van der Waals surface area contributed by atoms with E-state index < -0.39 is 18.0 Å². The van der Waals surface area contributed by atoms with Gasteiger partial charge in [0.1, 0.15) is 5.75 Å². The van der Waals surface area contributed by atoms with E-state index in [0.717, 1.165) is 0 Å². The van der Waals surface area contributed by atoms with Crippen LogP contribution < -0.4 is 20.1 Å². The molecule has 2 amide bonds. The molecule has 1 aliphatic heterocycles. The number of halogens is 2. The van der Waals surface area contributed by atoms with Crippen LogP contribution in [0.5, 0.6) is 11.5 Å². The molecule has 0 aliphatic carbocycles. The average Bonchev–Trinajstić information content (AvgIpc) is 2.74. The summed E-state index contributed by atoms with van der Waals surface area (Å²) in [4.78, 5) is 25.2. The summed E-state index contributed by atoms with van der Waals surface area (Å²) in [6.45, 7) is 3.71. The first kappa shape index (κ1) is 22.8. The van der Waals surface area contributed by atoms with Gasteiger partial charge in [0, 0.05) is 0 Å². The highest BCUT2D eigenvalue weighted by molar-refractivity contribution is 6.37. The maximum atomic E-state index is 12.8. The van der Waals surface area contributed by atoms with Crippen molar-refractivity contribution in [2.45, 2.75) is 26.0 Å². The number of benzene rings is 2. The van der Waals surface area contributed by atoms with Crippen molar-refractivity contribution in [3.63, 3.8) is 0 Å². The normalized spacial score (nSPS) is 16.0. The zero-order valence-electron chi connectivity index (χ0n) is 17.4. The number of carbonyl (C=O) groups is 2. The molecule has 7 nitrogen and oxygen atoms in total. The molecule has 1 atom stereocenters. The van der Waals surface area contributed by atoms with E-state index in [9.17, 15) is 9.59 Å². The Labute approximate surface area is 190 Å². The predicted octanol–water partition coefficient (Wildman–Crippen LogP) is 4.73. The molecule has 9 heteroatoms. The van der Waals surface area contributed by atoms with Crippen molar-refractivity contribution in [1.29, 1.82) is 0 Å². The first-order chi connectivity index (χ1) is 14.7. The second-order valence-electron chi connectivity index (χ2n) is 7.02. The lowest BCUT2D eigenvalue weighted by Crippen LogP contribution is -2.45. The second kappa shape index (κ2) is 9.49. The largest absolute Gasteiger partial charge is 0.497 e. The Kier molecular flexibility index (Phi) is 6.97. The van der Waals surface area contributed by atoms with E-state index in [1.165, 1.54) is 7.11 Å². The number of hydrogen-bond acceptors (Lipinski definition) is 5. The topological polar surface area (TPSA) is 85.9 Å². The highest BCUT2D eigenvalue weighted by atomic mass is 35.5. The zero-order chi connectivity index (χ0) is 22.7. The summed E-state index contributed by atoms with van der Waals surface area (Å²) in [6, 6.07) is 8.81. The molecule has 1 aliphatic rings. The summed E-state index contributed by atoms with van der Waals surface area (Å²) in [7, 11) is 2.82. The lowest BCUT2D eigenvalue weighted by molar-refractivity contribution is -0.136. The molecule has 0 saturated heterocycles. The molecule has 2 N–H and O–H groups in total. The molecule has 1 heterocycles. The molecule has 164 valence electrons. The standard InChI is InChI=1S/C22H22Cl2N2O5/c1-11(2)31-20-15(23)9-13(10-16(20)24)19-17(21(27)30-4)18(25-22(28)26-19)12-5-7-14(29-3)8-6-12/h5-11,19H,1-4H3,(H2,25,26,28). The van der Waals surface area contributed by atoms with Gasteiger partial charge in [0.2, 0.25) is 0 Å². The van der Waals surface area contributed by atoms with Crippen LogP contribution in [0.2, 0.25) is 10.0 Å². The molecule has 31 heavy (non-hydrogen) atoms. The lowest BCUT2D eigenvalue weighted by Gasteiger charge is -2.30. The van der Waals surface area contributed by atoms with Crippen molar-refractivity contribution in [1.82, 2.24) is 10.6 Å². The van der Waals surface area contributed by atoms with Crippen LogP contribution in [0.15, 0.2) is 42.0 Å². The Morgan fingerprint density at radius 1 is 1.06 bits per heavy atom. The van der Waals surface area contributed by atoms with Crippen LogP contribution in [0.1, 0.15) is 31.0 Å². The van der Waals surface area contributed by atoms with Crippen molar-refractivity contribution in [3.8, 4) is 11.5 Å². The van der Waals surface area contributed by atoms with Crippen molar-refractivity contribution in [2.75, 3.05) is 14.2 Å². The molecular weight excluding hydrogens is 443 g/mol. The van der Waals surface area contributed by atoms with Crippen LogP contribution in [-0.4, -0.2) is 32.3 Å². The molecule has 1 unspecified atom stereocenters. The number of ether oxygens (including phenoxy) is 3. The number of rotatable bonds is 6. The first-order valence-electron chi connectivity index (χ1n) is 9.45. The molecule has 2 aromatic rings. The number of esters is 1. The van der Waals surface area contributed by atoms with Gasteiger partial charge in [-0.25, -0.2) is 9.59 Å². The van der Waals surface area contributed by atoms with Crippen molar-refractivity contribution < 1.29 is 23.8 Å². The Morgan fingerprint density at radius 3 is 2.19 bits per heavy atom. The Balaban J connectivity index is 2.15. The fourth-order valence-electron chi connectivity index (χ4n) is 3.22. The summed E-state index contributed by atoms with van der Waals surface area (Å²) in [5, 5.41) is 5.97. The van der Waals surface area contributed by atoms with E-state index in [0.29, 0.717) is 28.3 Å². The lowest BCUT2D eigenvalue weighted by atomic mass is 9.92. The van der Waals surface area contributed by atoms with E-state index in [4.69, 9.17) is 37.4 Å². The van der Waals surface area contributed by atoms with Gasteiger partial charge in [0.05, 0.1) is 47.7 Å². The summed E-state index contributed by atoms with van der Waals surface area (Å²) >= 11 is 12.8. The van der Waals surface area contributed by atoms with E-state index >= 15 is 0 Å². The minimum Gasteiger partial charge on any atom is -0.497 e. The maximum absolute atomic E-state index is 12.8. The van der Waals surface area contributed by atoms with Gasteiger partial charge in [0.15, 0.2) is 5.75 Å². The van der Waals surface area contributed by atoms with Crippen molar-refractivity contribution in [3.05, 3.63) is 63.1 Å². The van der Waals surface area contributed by atoms with E-state index in [-0.39, 0.29) is 21.7 Å². The summed E-state index contributed by atoms with van der Waals surface area (Å²) < 4.78 is 15.9. The molecule has 0 aromatic heterocycles. The Hall–Kier alpha value is -2.90. The van der Waals surface area contributed by atoms with Crippen molar-refractivity contribution >= 4 is 40.9 Å². The third-order valence-corrected chi connectivity index (χ3v) is 5.12. The van der Waals surface area contributed by atoms with E-state index in [2.05, 4.69) is 10.6 Å². The highest BCUT2D eigenvalue weighted by Crippen LogP contribution is 2.40. The fourth-order valence-corrected chi connectivity index (χ4v) is 3.82. The quantitative estimate of drug-likeness (QED) is 0.603. The smallest absolute Gasteiger partial charge is 0.338 e. The Bertz CT molecular complexity index is 1010. The van der Waals surface area contributed by atoms with Gasteiger partial charge in [-0.1, -0.05) is 23.2 Å². The van der Waals surface area contributed by atoms with E-state index in [1.54, 1.807) is 43.5 Å². The SMILES string of the molecule is COC(=O)C1=C(c2ccc(OC)cc2)NC(=O)NC1c1cc(Cl)c(OC(C)C)c(Cl)c1. The Morgan fingerprint density at radius 2 is 1.68 bits per heavy atom. The number of hydrogen-bond donors (Lipinski definition) is 2. The van der Waals surface area contributed by atoms with Gasteiger partial charge in [-0.15, -0.1) is 0 Å². The molecule has 0 bridgehead atoms. The fraction of sp³-hybridized carbons (Fsp3) is 0.273. The summed E-state index contributed by atoms with van der Waals surface area (Å²) in [5.74, 6) is 0.361. The number of methoxy groups -OCH3 is 2. The van der Waals surface area contributed by atoms with Gasteiger partial charge >= 0.3 is 12.0 Å². The number of amides is 2. The van der Waals surface area contributed by atoms with Crippen LogP contribution in [0, 0.1) is 0 Å². The average molecular weight is 465 g/mol. The molecule has 0 fully saturated rings. The van der Waals surface area contributed by atoms with Gasteiger partial charge in [0.25, 0.3) is 0 Å². The van der Waals surface area contributed by atoms with Gasteiger partial charge in [-0.05, 0) is 61.4 Å². The van der Waals surface area contributed by atoms with Crippen molar-refractivity contribution in [2.24, 2.45) is 0 Å². The number of nitrogens with one attached hydrogen (secondary N) is 2. The molecule has 0 spiro atoms. The molecule has 0 saturated carbocycles. The van der Waals surface area contributed by atoms with Crippen LogP contribution in [0.4, 0.5) is 4.79 Å². The zero-order valence-corrected chi connectivity index (χ0v) is 18.9.